The van der Waals surface area contributed by atoms with E-state index >= 15 is 0 Å². The van der Waals surface area contributed by atoms with Crippen LogP contribution in [-0.4, -0.2) is 16.1 Å². The van der Waals surface area contributed by atoms with Crippen LogP contribution in [0.1, 0.15) is 27.3 Å². The van der Waals surface area contributed by atoms with Crippen LogP contribution in [0.4, 0.5) is 5.69 Å². The highest BCUT2D eigenvalue weighted by Crippen LogP contribution is 2.14. The number of aromatic nitrogens is 2. The van der Waals surface area contributed by atoms with Crippen molar-refractivity contribution in [2.45, 2.75) is 20.8 Å². The first-order valence-corrected chi connectivity index (χ1v) is 5.46. The fourth-order valence-electron chi connectivity index (χ4n) is 1.78. The number of benzene rings is 1. The molecule has 0 aliphatic carbocycles. The van der Waals surface area contributed by atoms with Crippen molar-refractivity contribution in [1.82, 2.24) is 10.2 Å². The molecule has 2 aromatic rings. The Morgan fingerprint density at radius 3 is 2.29 bits per heavy atom. The maximum absolute atomic E-state index is 11.9. The SMILES string of the molecule is Cc1cc(C)cc(NC(=O)c2cc(C)[nH]n2)c1. The van der Waals surface area contributed by atoms with Crippen LogP contribution in [0.25, 0.3) is 0 Å². The maximum atomic E-state index is 11.9. The average Bonchev–Trinajstić information content (AvgIpc) is 2.63. The lowest BCUT2D eigenvalue weighted by Crippen LogP contribution is -2.12. The van der Waals surface area contributed by atoms with Gasteiger partial charge in [0.1, 0.15) is 0 Å². The van der Waals surface area contributed by atoms with Crippen molar-refractivity contribution >= 4 is 11.6 Å². The van der Waals surface area contributed by atoms with Gasteiger partial charge in [-0.05, 0) is 50.1 Å². The molecule has 0 aliphatic heterocycles. The van der Waals surface area contributed by atoms with Crippen LogP contribution in [-0.2, 0) is 0 Å². The van der Waals surface area contributed by atoms with Gasteiger partial charge in [0.25, 0.3) is 5.91 Å². The summed E-state index contributed by atoms with van der Waals surface area (Å²) >= 11 is 0. The van der Waals surface area contributed by atoms with Gasteiger partial charge in [-0.1, -0.05) is 6.07 Å². The second kappa shape index (κ2) is 4.41. The van der Waals surface area contributed by atoms with Gasteiger partial charge in [0.2, 0.25) is 0 Å². The minimum absolute atomic E-state index is 0.195. The minimum Gasteiger partial charge on any atom is -0.321 e. The van der Waals surface area contributed by atoms with Crippen LogP contribution in [0.2, 0.25) is 0 Å². The van der Waals surface area contributed by atoms with Gasteiger partial charge in [-0.25, -0.2) is 0 Å². The highest BCUT2D eigenvalue weighted by atomic mass is 16.1. The van der Waals surface area contributed by atoms with E-state index in [0.29, 0.717) is 5.69 Å². The number of hydrogen-bond acceptors (Lipinski definition) is 2. The quantitative estimate of drug-likeness (QED) is 0.831. The summed E-state index contributed by atoms with van der Waals surface area (Å²) in [6.07, 6.45) is 0. The zero-order valence-electron chi connectivity index (χ0n) is 10.2. The number of aryl methyl sites for hydroxylation is 3. The second-order valence-corrected chi connectivity index (χ2v) is 4.27. The molecule has 2 N–H and O–H groups in total. The predicted octanol–water partition coefficient (Wildman–Crippen LogP) is 2.59. The Balaban J connectivity index is 2.18. The number of carbonyl (C=O) groups is 1. The fourth-order valence-corrected chi connectivity index (χ4v) is 1.78. The summed E-state index contributed by atoms with van der Waals surface area (Å²) < 4.78 is 0. The number of anilines is 1. The van der Waals surface area contributed by atoms with Gasteiger partial charge in [-0.3, -0.25) is 9.89 Å². The second-order valence-electron chi connectivity index (χ2n) is 4.27. The van der Waals surface area contributed by atoms with Crippen LogP contribution >= 0.6 is 0 Å². The summed E-state index contributed by atoms with van der Waals surface area (Å²) in [4.78, 5) is 11.9. The Kier molecular flexibility index (Phi) is 2.95. The maximum Gasteiger partial charge on any atom is 0.276 e. The third kappa shape index (κ3) is 2.72. The number of carbonyl (C=O) groups excluding carboxylic acids is 1. The zero-order chi connectivity index (χ0) is 12.4. The molecule has 0 saturated heterocycles. The van der Waals surface area contributed by atoms with Crippen molar-refractivity contribution in [3.63, 3.8) is 0 Å². The highest BCUT2D eigenvalue weighted by molar-refractivity contribution is 6.02. The number of amides is 1. The van der Waals surface area contributed by atoms with Gasteiger partial charge in [-0.15, -0.1) is 0 Å². The summed E-state index contributed by atoms with van der Waals surface area (Å²) in [6, 6.07) is 7.65. The molecule has 0 radical (unpaired) electrons. The van der Waals surface area contributed by atoms with Crippen LogP contribution in [0, 0.1) is 20.8 Å². The lowest BCUT2D eigenvalue weighted by molar-refractivity contribution is 0.102. The lowest BCUT2D eigenvalue weighted by atomic mass is 10.1. The monoisotopic (exact) mass is 229 g/mol. The number of hydrogen-bond donors (Lipinski definition) is 2. The van der Waals surface area contributed by atoms with Gasteiger partial charge in [0.05, 0.1) is 0 Å². The molecule has 0 spiro atoms. The van der Waals surface area contributed by atoms with E-state index in [2.05, 4.69) is 21.6 Å². The Bertz CT molecular complexity index is 537. The van der Waals surface area contributed by atoms with Crippen molar-refractivity contribution in [2.24, 2.45) is 0 Å². The van der Waals surface area contributed by atoms with Gasteiger partial charge < -0.3 is 5.32 Å². The van der Waals surface area contributed by atoms with E-state index in [1.807, 2.05) is 32.9 Å². The third-order valence-corrected chi connectivity index (χ3v) is 2.42. The van der Waals surface area contributed by atoms with Gasteiger partial charge in [0.15, 0.2) is 5.69 Å². The molecule has 0 bridgehead atoms. The molecule has 0 saturated carbocycles. The normalized spacial score (nSPS) is 10.3. The van der Waals surface area contributed by atoms with Crippen molar-refractivity contribution in [1.29, 1.82) is 0 Å². The number of aromatic amines is 1. The first kappa shape index (κ1) is 11.4. The largest absolute Gasteiger partial charge is 0.321 e. The van der Waals surface area contributed by atoms with Crippen LogP contribution in [0.3, 0.4) is 0 Å². The molecule has 4 heteroatoms. The summed E-state index contributed by atoms with van der Waals surface area (Å²) in [5, 5.41) is 9.50. The number of rotatable bonds is 2. The van der Waals surface area contributed by atoms with Crippen molar-refractivity contribution in [2.75, 3.05) is 5.32 Å². The van der Waals surface area contributed by atoms with Gasteiger partial charge in [-0.2, -0.15) is 5.10 Å². The van der Waals surface area contributed by atoms with E-state index in [-0.39, 0.29) is 5.91 Å². The summed E-state index contributed by atoms with van der Waals surface area (Å²) in [5.74, 6) is -0.195. The Morgan fingerprint density at radius 1 is 1.12 bits per heavy atom. The lowest BCUT2D eigenvalue weighted by Gasteiger charge is -2.05. The molecule has 0 aliphatic rings. The van der Waals surface area contributed by atoms with Crippen molar-refractivity contribution < 1.29 is 4.79 Å². The first-order chi connectivity index (χ1) is 8.04. The van der Waals surface area contributed by atoms with Crippen LogP contribution < -0.4 is 5.32 Å². The van der Waals surface area contributed by atoms with E-state index in [1.54, 1.807) is 6.07 Å². The van der Waals surface area contributed by atoms with Gasteiger partial charge in [0, 0.05) is 11.4 Å². The fraction of sp³-hybridized carbons (Fsp3) is 0.231. The Labute approximate surface area is 100 Å². The molecule has 0 atom stereocenters. The molecule has 4 nitrogen and oxygen atoms in total. The molecule has 1 heterocycles. The van der Waals surface area contributed by atoms with Crippen LogP contribution in [0.15, 0.2) is 24.3 Å². The zero-order valence-corrected chi connectivity index (χ0v) is 10.2. The molecule has 0 unspecified atom stereocenters. The van der Waals surface area contributed by atoms with E-state index < -0.39 is 0 Å². The molecule has 17 heavy (non-hydrogen) atoms. The van der Waals surface area contributed by atoms with E-state index in [4.69, 9.17) is 0 Å². The molecular weight excluding hydrogens is 214 g/mol. The molecule has 2 rings (SSSR count). The summed E-state index contributed by atoms with van der Waals surface area (Å²) in [7, 11) is 0. The average molecular weight is 229 g/mol. The Morgan fingerprint density at radius 2 is 1.76 bits per heavy atom. The number of nitrogens with zero attached hydrogens (tertiary/aromatic N) is 1. The Hall–Kier alpha value is -2.10. The molecule has 0 fully saturated rings. The molecule has 88 valence electrons. The summed E-state index contributed by atoms with van der Waals surface area (Å²) in [5.41, 5.74) is 4.32. The van der Waals surface area contributed by atoms with Gasteiger partial charge >= 0.3 is 0 Å². The molecular formula is C13H15N3O. The van der Waals surface area contributed by atoms with Crippen molar-refractivity contribution in [3.8, 4) is 0 Å². The molecule has 1 aromatic carbocycles. The smallest absolute Gasteiger partial charge is 0.276 e. The highest BCUT2D eigenvalue weighted by Gasteiger charge is 2.09. The van der Waals surface area contributed by atoms with Crippen LogP contribution in [0.5, 0.6) is 0 Å². The van der Waals surface area contributed by atoms with Crippen molar-refractivity contribution in [3.05, 3.63) is 46.8 Å². The topological polar surface area (TPSA) is 57.8 Å². The molecule has 1 amide bonds. The molecule has 1 aromatic heterocycles. The third-order valence-electron chi connectivity index (χ3n) is 2.42. The van der Waals surface area contributed by atoms with E-state index in [9.17, 15) is 4.79 Å². The number of nitrogens with one attached hydrogen (secondary N) is 2. The number of H-pyrrole nitrogens is 1. The predicted molar refractivity (Wildman–Crippen MR) is 67.2 cm³/mol. The van der Waals surface area contributed by atoms with E-state index in [1.165, 1.54) is 0 Å². The minimum atomic E-state index is -0.195. The standard InChI is InChI=1S/C13H15N3O/c1-8-4-9(2)6-11(5-8)14-13(17)12-7-10(3)15-16-12/h4-7H,1-3H3,(H,14,17)(H,15,16). The summed E-state index contributed by atoms with van der Waals surface area (Å²) in [6.45, 7) is 5.86. The first-order valence-electron chi connectivity index (χ1n) is 5.46. The van der Waals surface area contributed by atoms with E-state index in [0.717, 1.165) is 22.5 Å².